The van der Waals surface area contributed by atoms with Crippen molar-refractivity contribution in [3.8, 4) is 0 Å². The maximum Gasteiger partial charge on any atom is 0.203 e. The minimum atomic E-state index is -2.95. The van der Waals surface area contributed by atoms with Crippen LogP contribution in [-0.4, -0.2) is 16.7 Å². The van der Waals surface area contributed by atoms with Gasteiger partial charge in [-0.3, -0.25) is 4.57 Å². The molecule has 3 heteroatoms. The van der Waals surface area contributed by atoms with Gasteiger partial charge in [-0.1, -0.05) is 72.6 Å². The van der Waals surface area contributed by atoms with Crippen LogP contribution in [0.1, 0.15) is 85.5 Å². The second kappa shape index (κ2) is 10.9. The number of rotatable bonds is 12. The molecular weight excluding hydrogens is 255 g/mol. The van der Waals surface area contributed by atoms with Crippen molar-refractivity contribution < 1.29 is 9.46 Å². The van der Waals surface area contributed by atoms with Crippen LogP contribution in [0.4, 0.5) is 0 Å². The Kier molecular flexibility index (Phi) is 11.0. The highest BCUT2D eigenvalue weighted by Crippen LogP contribution is 2.50. The molecule has 0 aromatic rings. The normalized spacial score (nSPS) is 17.9. The average molecular weight is 290 g/mol. The van der Waals surface area contributed by atoms with E-state index < -0.39 is 7.37 Å². The van der Waals surface area contributed by atoms with Crippen molar-refractivity contribution in [2.45, 2.75) is 91.1 Å². The Morgan fingerprint density at radius 1 is 0.947 bits per heavy atom. The Labute approximate surface area is 120 Å². The minimum Gasteiger partial charge on any atom is -0.344 e. The lowest BCUT2D eigenvalue weighted by Gasteiger charge is -2.24. The monoisotopic (exact) mass is 290 g/mol. The van der Waals surface area contributed by atoms with Gasteiger partial charge in [0, 0.05) is 11.8 Å². The second-order valence-electron chi connectivity index (χ2n) is 6.05. The zero-order chi connectivity index (χ0) is 14.7. The van der Waals surface area contributed by atoms with Crippen molar-refractivity contribution in [3.63, 3.8) is 0 Å². The molecule has 1 N–H and O–H groups in total. The van der Waals surface area contributed by atoms with Crippen molar-refractivity contribution in [1.29, 1.82) is 0 Å². The van der Waals surface area contributed by atoms with Gasteiger partial charge in [0.25, 0.3) is 0 Å². The summed E-state index contributed by atoms with van der Waals surface area (Å²) in [6, 6.07) is 0. The Balaban J connectivity index is 4.14. The molecule has 0 aromatic carbocycles. The number of hydrogen-bond donors (Lipinski definition) is 1. The molecule has 3 unspecified atom stereocenters. The third-order valence-corrected chi connectivity index (χ3v) is 6.90. The molecule has 0 radical (unpaired) electrons. The van der Waals surface area contributed by atoms with E-state index in [2.05, 4.69) is 20.8 Å². The molecule has 0 aromatic heterocycles. The van der Waals surface area contributed by atoms with Gasteiger partial charge in [0.05, 0.1) is 0 Å². The lowest BCUT2D eigenvalue weighted by atomic mass is 10.0. The van der Waals surface area contributed by atoms with Gasteiger partial charge in [-0.25, -0.2) is 0 Å². The quantitative estimate of drug-likeness (QED) is 0.362. The molecule has 0 aliphatic heterocycles. The van der Waals surface area contributed by atoms with Gasteiger partial charge in [-0.2, -0.15) is 0 Å². The highest BCUT2D eigenvalue weighted by molar-refractivity contribution is 7.58. The Bertz CT molecular complexity index is 253. The summed E-state index contributed by atoms with van der Waals surface area (Å²) in [6.45, 7) is 8.49. The van der Waals surface area contributed by atoms with Crippen molar-refractivity contribution in [2.24, 2.45) is 5.92 Å². The van der Waals surface area contributed by atoms with Gasteiger partial charge >= 0.3 is 0 Å². The molecule has 0 saturated carbocycles. The minimum absolute atomic E-state index is 0.0139. The Hall–Kier alpha value is 0.190. The summed E-state index contributed by atoms with van der Waals surface area (Å²) < 4.78 is 12.5. The summed E-state index contributed by atoms with van der Waals surface area (Å²) in [5.41, 5.74) is -0.0139. The summed E-state index contributed by atoms with van der Waals surface area (Å²) in [5.74, 6) is 0.439. The topological polar surface area (TPSA) is 37.3 Å². The van der Waals surface area contributed by atoms with Crippen molar-refractivity contribution >= 4 is 7.37 Å². The highest BCUT2D eigenvalue weighted by Gasteiger charge is 2.29. The van der Waals surface area contributed by atoms with Crippen molar-refractivity contribution in [2.75, 3.05) is 6.16 Å². The van der Waals surface area contributed by atoms with Gasteiger partial charge in [-0.15, -0.1) is 0 Å². The fraction of sp³-hybridized carbons (Fsp3) is 1.00. The predicted molar refractivity (Wildman–Crippen MR) is 86.2 cm³/mol. The van der Waals surface area contributed by atoms with Gasteiger partial charge in [0.2, 0.25) is 7.37 Å². The highest BCUT2D eigenvalue weighted by atomic mass is 31.2. The molecule has 2 nitrogen and oxygen atoms in total. The summed E-state index contributed by atoms with van der Waals surface area (Å²) in [4.78, 5) is 10.3. The summed E-state index contributed by atoms with van der Waals surface area (Å²) >= 11 is 0. The van der Waals surface area contributed by atoms with E-state index in [1.54, 1.807) is 0 Å². The largest absolute Gasteiger partial charge is 0.344 e. The standard InChI is InChI=1S/C16H35O2P/c1-5-8-10-11-12-15(4)19(17,18)14-16(7-3)13-9-6-2/h15-16H,5-14H2,1-4H3,(H,17,18). The molecule has 0 aliphatic carbocycles. The predicted octanol–water partition coefficient (Wildman–Crippen LogP) is 5.83. The van der Waals surface area contributed by atoms with E-state index in [0.717, 1.165) is 25.7 Å². The van der Waals surface area contributed by atoms with E-state index in [0.29, 0.717) is 12.1 Å². The number of hydrogen-bond acceptors (Lipinski definition) is 1. The summed E-state index contributed by atoms with van der Waals surface area (Å²) in [7, 11) is -2.95. The maximum atomic E-state index is 12.5. The van der Waals surface area contributed by atoms with E-state index >= 15 is 0 Å². The van der Waals surface area contributed by atoms with Crippen LogP contribution in [0, 0.1) is 5.92 Å². The molecule has 3 atom stereocenters. The van der Waals surface area contributed by atoms with Crippen molar-refractivity contribution in [1.82, 2.24) is 0 Å². The number of unbranched alkanes of at least 4 members (excludes halogenated alkanes) is 4. The van der Waals surface area contributed by atoms with Gasteiger partial charge < -0.3 is 4.89 Å². The van der Waals surface area contributed by atoms with E-state index in [-0.39, 0.29) is 5.66 Å². The maximum absolute atomic E-state index is 12.5. The van der Waals surface area contributed by atoms with E-state index in [1.165, 1.54) is 32.1 Å². The molecular formula is C16H35O2P. The van der Waals surface area contributed by atoms with Gasteiger partial charge in [0.1, 0.15) is 0 Å². The van der Waals surface area contributed by atoms with E-state index in [9.17, 15) is 9.46 Å². The molecule has 0 saturated heterocycles. The lowest BCUT2D eigenvalue weighted by molar-refractivity contribution is 0.423. The Morgan fingerprint density at radius 3 is 2.11 bits per heavy atom. The first kappa shape index (κ1) is 19.2. The van der Waals surface area contributed by atoms with E-state index in [1.807, 2.05) is 6.92 Å². The molecule has 116 valence electrons. The van der Waals surface area contributed by atoms with Crippen LogP contribution in [0.15, 0.2) is 0 Å². The Morgan fingerprint density at radius 2 is 1.58 bits per heavy atom. The third kappa shape index (κ3) is 8.87. The van der Waals surface area contributed by atoms with Crippen LogP contribution < -0.4 is 0 Å². The van der Waals surface area contributed by atoms with Crippen LogP contribution in [0.3, 0.4) is 0 Å². The third-order valence-electron chi connectivity index (χ3n) is 4.23. The zero-order valence-electron chi connectivity index (χ0n) is 13.5. The molecule has 0 aliphatic rings. The van der Waals surface area contributed by atoms with Crippen LogP contribution in [0.5, 0.6) is 0 Å². The molecule has 0 fully saturated rings. The van der Waals surface area contributed by atoms with Gasteiger partial charge in [0.15, 0.2) is 0 Å². The molecule has 0 spiro atoms. The van der Waals surface area contributed by atoms with Crippen LogP contribution in [0.2, 0.25) is 0 Å². The smallest absolute Gasteiger partial charge is 0.203 e. The molecule has 0 amide bonds. The van der Waals surface area contributed by atoms with Crippen LogP contribution >= 0.6 is 7.37 Å². The molecule has 19 heavy (non-hydrogen) atoms. The zero-order valence-corrected chi connectivity index (χ0v) is 14.4. The van der Waals surface area contributed by atoms with Crippen LogP contribution in [-0.2, 0) is 4.57 Å². The fourth-order valence-corrected chi connectivity index (χ4v) is 4.66. The van der Waals surface area contributed by atoms with E-state index in [4.69, 9.17) is 0 Å². The van der Waals surface area contributed by atoms with Crippen molar-refractivity contribution in [3.05, 3.63) is 0 Å². The fourth-order valence-electron chi connectivity index (χ4n) is 2.54. The summed E-state index contributed by atoms with van der Waals surface area (Å²) in [5, 5.41) is 0. The lowest BCUT2D eigenvalue weighted by Crippen LogP contribution is -2.13. The first-order chi connectivity index (χ1) is 8.97. The van der Waals surface area contributed by atoms with Crippen LogP contribution in [0.25, 0.3) is 0 Å². The van der Waals surface area contributed by atoms with Gasteiger partial charge in [-0.05, 0) is 18.8 Å². The summed E-state index contributed by atoms with van der Waals surface area (Å²) in [6.07, 6.45) is 10.7. The second-order valence-corrected chi connectivity index (χ2v) is 8.81. The first-order valence-corrected chi connectivity index (χ1v) is 10.2. The SMILES string of the molecule is CCCCCCC(C)P(=O)(O)CC(CC)CCCC. The average Bonchev–Trinajstić information content (AvgIpc) is 2.39. The first-order valence-electron chi connectivity index (χ1n) is 8.29. The molecule has 0 bridgehead atoms. The molecule has 0 rings (SSSR count). The molecule has 0 heterocycles.